The van der Waals surface area contributed by atoms with Crippen molar-refractivity contribution >= 4 is 34.6 Å². The topological polar surface area (TPSA) is 57.2 Å². The summed E-state index contributed by atoms with van der Waals surface area (Å²) < 4.78 is 5.29. The van der Waals surface area contributed by atoms with Gasteiger partial charge in [0.05, 0.1) is 29.5 Å². The number of amides is 1. The van der Waals surface area contributed by atoms with Gasteiger partial charge in [0.25, 0.3) is 5.91 Å². The zero-order chi connectivity index (χ0) is 22.1. The van der Waals surface area contributed by atoms with Crippen molar-refractivity contribution in [2.75, 3.05) is 23.7 Å². The predicted molar refractivity (Wildman–Crippen MR) is 127 cm³/mol. The summed E-state index contributed by atoms with van der Waals surface area (Å²) in [5.41, 5.74) is 7.57. The van der Waals surface area contributed by atoms with Crippen LogP contribution in [0.2, 0.25) is 5.02 Å². The number of hydrogen-bond donors (Lipinski definition) is 1. The van der Waals surface area contributed by atoms with Crippen LogP contribution in [0.5, 0.6) is 5.75 Å². The quantitative estimate of drug-likeness (QED) is 0.614. The van der Waals surface area contributed by atoms with Crippen molar-refractivity contribution in [1.82, 2.24) is 5.43 Å². The number of carbonyl (C=O) groups excluding carboxylic acids is 1. The summed E-state index contributed by atoms with van der Waals surface area (Å²) in [5.74, 6) is 0.581. The Kier molecular flexibility index (Phi) is 5.45. The van der Waals surface area contributed by atoms with Crippen LogP contribution in [0, 0.1) is 0 Å². The number of benzene rings is 3. The smallest absolute Gasteiger partial charge is 0.286 e. The summed E-state index contributed by atoms with van der Waals surface area (Å²) in [5, 5.41) is 9.05. The molecule has 2 aliphatic rings. The van der Waals surface area contributed by atoms with Crippen molar-refractivity contribution < 1.29 is 9.53 Å². The van der Waals surface area contributed by atoms with Crippen LogP contribution in [0.4, 0.5) is 11.4 Å². The van der Waals surface area contributed by atoms with E-state index in [0.717, 1.165) is 35.7 Å². The van der Waals surface area contributed by atoms with Gasteiger partial charge in [-0.2, -0.15) is 5.10 Å². The van der Waals surface area contributed by atoms with Gasteiger partial charge in [-0.15, -0.1) is 0 Å². The Bertz CT molecular complexity index is 1180. The molecule has 162 valence electrons. The molecule has 3 aromatic carbocycles. The fourth-order valence-electron chi connectivity index (χ4n) is 4.23. The summed E-state index contributed by atoms with van der Waals surface area (Å²) >= 11 is 6.49. The highest BCUT2D eigenvalue weighted by molar-refractivity contribution is 6.40. The summed E-state index contributed by atoms with van der Waals surface area (Å²) in [6.45, 7) is 0.745. The van der Waals surface area contributed by atoms with E-state index in [1.165, 1.54) is 5.56 Å². The summed E-state index contributed by atoms with van der Waals surface area (Å²) in [6.07, 6.45) is 1.38. The van der Waals surface area contributed by atoms with E-state index in [1.54, 1.807) is 7.11 Å². The maximum absolute atomic E-state index is 13.2. The van der Waals surface area contributed by atoms with E-state index in [9.17, 15) is 4.79 Å². The van der Waals surface area contributed by atoms with Crippen LogP contribution in [0.25, 0.3) is 0 Å². The summed E-state index contributed by atoms with van der Waals surface area (Å²) in [4.78, 5) is 13.2. The third-order valence-electron chi connectivity index (χ3n) is 5.90. The molecular weight excluding hydrogens is 424 g/mol. The van der Waals surface area contributed by atoms with Gasteiger partial charge in [0.2, 0.25) is 0 Å². The first-order valence-electron chi connectivity index (χ1n) is 10.6. The number of hydrazine groups is 1. The lowest BCUT2D eigenvalue weighted by molar-refractivity contribution is -0.115. The molecule has 0 saturated carbocycles. The molecule has 1 unspecified atom stereocenters. The predicted octanol–water partition coefficient (Wildman–Crippen LogP) is 4.75. The molecule has 0 fully saturated rings. The van der Waals surface area contributed by atoms with E-state index in [2.05, 4.69) is 11.5 Å². The largest absolute Gasteiger partial charge is 0.497 e. The molecule has 0 bridgehead atoms. The minimum atomic E-state index is -0.199. The van der Waals surface area contributed by atoms with Gasteiger partial charge in [-0.1, -0.05) is 54.1 Å². The Morgan fingerprint density at radius 2 is 1.75 bits per heavy atom. The number of fused-ring (bicyclic) bond motifs is 1. The molecule has 0 aliphatic carbocycles. The first kappa shape index (κ1) is 20.4. The molecule has 0 saturated heterocycles. The Labute approximate surface area is 192 Å². The van der Waals surface area contributed by atoms with Gasteiger partial charge in [-0.25, -0.2) is 0 Å². The maximum Gasteiger partial charge on any atom is 0.286 e. The molecule has 1 N–H and O–H groups in total. The number of ether oxygens (including phenoxy) is 1. The van der Waals surface area contributed by atoms with Gasteiger partial charge in [0.1, 0.15) is 11.5 Å². The second kappa shape index (κ2) is 8.55. The fraction of sp³-hybridized carbons (Fsp3) is 0.200. The SMILES string of the molecule is COc1ccc(C2CC(C(=O)NN3CCc4ccccc43)=NN2c2ccccc2Cl)cc1. The lowest BCUT2D eigenvalue weighted by atomic mass is 10.0. The van der Waals surface area contributed by atoms with Crippen LogP contribution in [-0.4, -0.2) is 25.3 Å². The number of carbonyl (C=O) groups is 1. The zero-order valence-electron chi connectivity index (χ0n) is 17.7. The van der Waals surface area contributed by atoms with Crippen molar-refractivity contribution in [1.29, 1.82) is 0 Å². The second-order valence-corrected chi connectivity index (χ2v) is 8.21. The Morgan fingerprint density at radius 1 is 1.03 bits per heavy atom. The van der Waals surface area contributed by atoms with Crippen molar-refractivity contribution in [2.45, 2.75) is 18.9 Å². The molecule has 32 heavy (non-hydrogen) atoms. The van der Waals surface area contributed by atoms with Crippen LogP contribution in [0.3, 0.4) is 0 Å². The van der Waals surface area contributed by atoms with Crippen LogP contribution >= 0.6 is 11.6 Å². The average Bonchev–Trinajstić information content (AvgIpc) is 3.45. The average molecular weight is 447 g/mol. The van der Waals surface area contributed by atoms with Crippen molar-refractivity contribution in [3.63, 3.8) is 0 Å². The number of hydrazone groups is 1. The Hall–Kier alpha value is -3.51. The third kappa shape index (κ3) is 3.78. The van der Waals surface area contributed by atoms with Gasteiger partial charge in [0, 0.05) is 13.0 Å². The third-order valence-corrected chi connectivity index (χ3v) is 6.22. The lowest BCUT2D eigenvalue weighted by Crippen LogP contribution is -2.44. The molecule has 0 aromatic heterocycles. The molecule has 1 amide bonds. The molecular formula is C25H23ClN4O2. The number of nitrogens with zero attached hydrogens (tertiary/aromatic N) is 3. The summed E-state index contributed by atoms with van der Waals surface area (Å²) in [6, 6.07) is 23.3. The number of para-hydroxylation sites is 2. The van der Waals surface area contributed by atoms with Crippen LogP contribution in [0.1, 0.15) is 23.6 Å². The number of hydrogen-bond acceptors (Lipinski definition) is 5. The number of halogens is 1. The monoisotopic (exact) mass is 446 g/mol. The highest BCUT2D eigenvalue weighted by Gasteiger charge is 2.34. The normalized spacial score (nSPS) is 17.2. The van der Waals surface area contributed by atoms with E-state index in [-0.39, 0.29) is 11.9 Å². The second-order valence-electron chi connectivity index (χ2n) is 7.81. The molecule has 5 rings (SSSR count). The number of nitrogens with one attached hydrogen (secondary N) is 1. The van der Waals surface area contributed by atoms with E-state index in [0.29, 0.717) is 17.2 Å². The van der Waals surface area contributed by atoms with Crippen molar-refractivity contribution in [2.24, 2.45) is 5.10 Å². The number of anilines is 2. The molecule has 2 heterocycles. The van der Waals surface area contributed by atoms with Gasteiger partial charge >= 0.3 is 0 Å². The van der Waals surface area contributed by atoms with E-state index < -0.39 is 0 Å². The van der Waals surface area contributed by atoms with Crippen molar-refractivity contribution in [3.8, 4) is 5.75 Å². The Morgan fingerprint density at radius 3 is 2.50 bits per heavy atom. The van der Waals surface area contributed by atoms with E-state index >= 15 is 0 Å². The number of methoxy groups -OCH3 is 1. The van der Waals surface area contributed by atoms with Crippen LogP contribution < -0.4 is 20.2 Å². The van der Waals surface area contributed by atoms with Crippen LogP contribution in [0.15, 0.2) is 77.9 Å². The zero-order valence-corrected chi connectivity index (χ0v) is 18.4. The highest BCUT2D eigenvalue weighted by atomic mass is 35.5. The van der Waals surface area contributed by atoms with Gasteiger partial charge < -0.3 is 4.74 Å². The first-order chi connectivity index (χ1) is 15.6. The molecule has 3 aromatic rings. The minimum Gasteiger partial charge on any atom is -0.497 e. The maximum atomic E-state index is 13.2. The highest BCUT2D eigenvalue weighted by Crippen LogP contribution is 2.39. The van der Waals surface area contributed by atoms with Gasteiger partial charge in [-0.05, 0) is 47.9 Å². The molecule has 1 atom stereocenters. The molecule has 0 spiro atoms. The van der Waals surface area contributed by atoms with Crippen molar-refractivity contribution in [3.05, 3.63) is 88.9 Å². The fourth-order valence-corrected chi connectivity index (χ4v) is 4.46. The van der Waals surface area contributed by atoms with E-state index in [4.69, 9.17) is 21.4 Å². The van der Waals surface area contributed by atoms with Crippen LogP contribution in [-0.2, 0) is 11.2 Å². The molecule has 7 heteroatoms. The Balaban J connectivity index is 1.43. The first-order valence-corrected chi connectivity index (χ1v) is 10.9. The molecule has 0 radical (unpaired) electrons. The lowest BCUT2D eigenvalue weighted by Gasteiger charge is -2.24. The summed E-state index contributed by atoms with van der Waals surface area (Å²) in [7, 11) is 1.64. The van der Waals surface area contributed by atoms with Gasteiger partial charge in [-0.3, -0.25) is 20.2 Å². The van der Waals surface area contributed by atoms with E-state index in [1.807, 2.05) is 76.7 Å². The molecule has 2 aliphatic heterocycles. The standard InChI is InChI=1S/C25H23ClN4O2/c1-32-19-12-10-18(11-13-19)24-16-21(27-30(24)23-9-5-3-7-20(23)26)25(31)28-29-15-14-17-6-2-4-8-22(17)29/h2-13,24H,14-16H2,1H3,(H,28,31). The number of rotatable bonds is 5. The molecule has 6 nitrogen and oxygen atoms in total. The minimum absolute atomic E-state index is 0.146. The van der Waals surface area contributed by atoms with Gasteiger partial charge in [0.15, 0.2) is 0 Å².